The third kappa shape index (κ3) is 5.11. The van der Waals surface area contributed by atoms with Crippen LogP contribution in [-0.2, 0) is 14.8 Å². The number of hydrogen-bond acceptors (Lipinski definition) is 4. The van der Waals surface area contributed by atoms with E-state index in [9.17, 15) is 13.2 Å². The molecule has 1 heterocycles. The topological polar surface area (TPSA) is 75.7 Å². The molecule has 3 rings (SSSR count). The summed E-state index contributed by atoms with van der Waals surface area (Å²) >= 11 is 0. The number of amides is 1. The third-order valence-corrected chi connectivity index (χ3v) is 6.56. The molecule has 0 bridgehead atoms. The summed E-state index contributed by atoms with van der Waals surface area (Å²) in [6, 6.07) is 12.0. The van der Waals surface area contributed by atoms with Gasteiger partial charge in [-0.15, -0.1) is 0 Å². The van der Waals surface area contributed by atoms with Crippen molar-refractivity contribution in [1.29, 1.82) is 0 Å². The smallest absolute Gasteiger partial charge is 0.262 e. The molecule has 0 unspecified atom stereocenters. The normalized spacial score (nSPS) is 15.2. The van der Waals surface area contributed by atoms with Crippen LogP contribution >= 0.6 is 0 Å². The lowest BCUT2D eigenvalue weighted by Gasteiger charge is -2.25. The molecule has 0 atom stereocenters. The first-order valence-corrected chi connectivity index (χ1v) is 10.9. The fourth-order valence-electron chi connectivity index (χ4n) is 3.35. The van der Waals surface area contributed by atoms with E-state index < -0.39 is 10.0 Å². The Balaban J connectivity index is 1.57. The largest absolute Gasteiger partial charge is 0.484 e. The van der Waals surface area contributed by atoms with Crippen molar-refractivity contribution in [1.82, 2.24) is 4.31 Å². The number of aryl methyl sites for hydroxylation is 2. The van der Waals surface area contributed by atoms with E-state index in [0.29, 0.717) is 18.8 Å². The number of nitrogens with one attached hydrogen (secondary N) is 1. The number of nitrogens with zero attached hydrogens (tertiary/aromatic N) is 1. The Morgan fingerprint density at radius 2 is 1.61 bits per heavy atom. The van der Waals surface area contributed by atoms with Crippen molar-refractivity contribution in [3.63, 3.8) is 0 Å². The first-order valence-electron chi connectivity index (χ1n) is 9.46. The number of ether oxygens (including phenoxy) is 1. The number of piperidine rings is 1. The van der Waals surface area contributed by atoms with E-state index in [4.69, 9.17) is 4.74 Å². The van der Waals surface area contributed by atoms with Crippen LogP contribution in [0, 0.1) is 13.8 Å². The van der Waals surface area contributed by atoms with Gasteiger partial charge in [-0.1, -0.05) is 12.5 Å². The molecule has 1 fully saturated rings. The predicted molar refractivity (Wildman–Crippen MR) is 109 cm³/mol. The molecule has 1 aliphatic heterocycles. The van der Waals surface area contributed by atoms with Gasteiger partial charge in [-0.25, -0.2) is 8.42 Å². The zero-order chi connectivity index (χ0) is 20.1. The standard InChI is InChI=1S/C21H26N2O4S/c1-16-12-17(2)14-18(13-16)22-21(24)15-27-19-6-8-20(9-7-19)28(25,26)23-10-4-3-5-11-23/h6-9,12-14H,3-5,10-11,15H2,1-2H3,(H,22,24). The molecule has 1 saturated heterocycles. The van der Waals surface area contributed by atoms with Gasteiger partial charge in [0.1, 0.15) is 5.75 Å². The summed E-state index contributed by atoms with van der Waals surface area (Å²) in [6.07, 6.45) is 2.87. The molecule has 150 valence electrons. The second-order valence-corrected chi connectivity index (χ2v) is 9.09. The lowest BCUT2D eigenvalue weighted by Crippen LogP contribution is -2.35. The van der Waals surface area contributed by atoms with E-state index in [1.54, 1.807) is 12.1 Å². The minimum absolute atomic E-state index is 0.148. The summed E-state index contributed by atoms with van der Waals surface area (Å²) in [5, 5.41) is 2.81. The van der Waals surface area contributed by atoms with Gasteiger partial charge in [0.25, 0.3) is 5.91 Å². The number of hydrogen-bond donors (Lipinski definition) is 1. The Bertz CT molecular complexity index is 913. The van der Waals surface area contributed by atoms with Gasteiger partial charge in [-0.2, -0.15) is 4.31 Å². The van der Waals surface area contributed by atoms with Crippen molar-refractivity contribution < 1.29 is 17.9 Å². The number of rotatable bonds is 6. The van der Waals surface area contributed by atoms with E-state index in [0.717, 1.165) is 36.1 Å². The number of benzene rings is 2. The van der Waals surface area contributed by atoms with Crippen molar-refractivity contribution in [2.24, 2.45) is 0 Å². The molecule has 0 radical (unpaired) electrons. The third-order valence-electron chi connectivity index (χ3n) is 4.65. The molecule has 0 spiro atoms. The van der Waals surface area contributed by atoms with Crippen LogP contribution in [0.25, 0.3) is 0 Å². The Hall–Kier alpha value is -2.38. The number of carbonyl (C=O) groups is 1. The second kappa shape index (κ2) is 8.75. The number of carbonyl (C=O) groups excluding carboxylic acids is 1. The van der Waals surface area contributed by atoms with E-state index in [1.807, 2.05) is 32.0 Å². The Labute approximate surface area is 166 Å². The zero-order valence-electron chi connectivity index (χ0n) is 16.3. The van der Waals surface area contributed by atoms with E-state index in [1.165, 1.54) is 16.4 Å². The van der Waals surface area contributed by atoms with E-state index in [-0.39, 0.29) is 17.4 Å². The van der Waals surface area contributed by atoms with E-state index >= 15 is 0 Å². The van der Waals surface area contributed by atoms with Crippen LogP contribution in [0.5, 0.6) is 5.75 Å². The quantitative estimate of drug-likeness (QED) is 0.802. The summed E-state index contributed by atoms with van der Waals surface area (Å²) in [7, 11) is -3.46. The average molecular weight is 403 g/mol. The maximum absolute atomic E-state index is 12.6. The van der Waals surface area contributed by atoms with Crippen molar-refractivity contribution in [2.45, 2.75) is 38.0 Å². The SMILES string of the molecule is Cc1cc(C)cc(NC(=O)COc2ccc(S(=O)(=O)N3CCCCC3)cc2)c1. The maximum atomic E-state index is 12.6. The molecule has 2 aromatic carbocycles. The van der Waals surface area contributed by atoms with Crippen molar-refractivity contribution in [2.75, 3.05) is 25.0 Å². The van der Waals surface area contributed by atoms with Gasteiger partial charge in [0.15, 0.2) is 6.61 Å². The van der Waals surface area contributed by atoms with Gasteiger partial charge in [0.05, 0.1) is 4.90 Å². The van der Waals surface area contributed by atoms with Crippen LogP contribution < -0.4 is 10.1 Å². The molecular weight excluding hydrogens is 376 g/mol. The minimum atomic E-state index is -3.46. The predicted octanol–water partition coefficient (Wildman–Crippen LogP) is 3.50. The number of anilines is 1. The summed E-state index contributed by atoms with van der Waals surface area (Å²) in [5.74, 6) is 0.184. The summed E-state index contributed by atoms with van der Waals surface area (Å²) in [5.41, 5.74) is 2.87. The van der Waals surface area contributed by atoms with Crippen molar-refractivity contribution >= 4 is 21.6 Å². The lowest BCUT2D eigenvalue weighted by molar-refractivity contribution is -0.118. The minimum Gasteiger partial charge on any atom is -0.484 e. The molecule has 6 nitrogen and oxygen atoms in total. The highest BCUT2D eigenvalue weighted by molar-refractivity contribution is 7.89. The molecular formula is C21H26N2O4S. The fourth-order valence-corrected chi connectivity index (χ4v) is 4.87. The molecule has 1 aliphatic rings. The highest BCUT2D eigenvalue weighted by atomic mass is 32.2. The van der Waals surface area contributed by atoms with Crippen molar-refractivity contribution in [3.8, 4) is 5.75 Å². The molecule has 28 heavy (non-hydrogen) atoms. The lowest BCUT2D eigenvalue weighted by atomic mass is 10.1. The summed E-state index contributed by atoms with van der Waals surface area (Å²) in [6.45, 7) is 4.93. The molecule has 0 saturated carbocycles. The summed E-state index contributed by atoms with van der Waals surface area (Å²) < 4.78 is 32.3. The molecule has 7 heteroatoms. The molecule has 1 amide bonds. The van der Waals surface area contributed by atoms with Gasteiger partial charge >= 0.3 is 0 Å². The molecule has 0 aromatic heterocycles. The zero-order valence-corrected chi connectivity index (χ0v) is 17.1. The monoisotopic (exact) mass is 402 g/mol. The van der Waals surface area contributed by atoms with Gasteiger partial charge in [0, 0.05) is 18.8 Å². The van der Waals surface area contributed by atoms with Gasteiger partial charge in [0.2, 0.25) is 10.0 Å². The molecule has 0 aliphatic carbocycles. The van der Waals surface area contributed by atoms with Crippen molar-refractivity contribution in [3.05, 3.63) is 53.6 Å². The fraction of sp³-hybridized carbons (Fsp3) is 0.381. The van der Waals surface area contributed by atoms with Gasteiger partial charge < -0.3 is 10.1 Å². The van der Waals surface area contributed by atoms with Crippen LogP contribution in [-0.4, -0.2) is 38.3 Å². The highest BCUT2D eigenvalue weighted by Gasteiger charge is 2.25. The molecule has 2 aromatic rings. The average Bonchev–Trinajstić information content (AvgIpc) is 2.66. The van der Waals surface area contributed by atoms with E-state index in [2.05, 4.69) is 5.32 Å². The number of sulfonamides is 1. The second-order valence-electron chi connectivity index (χ2n) is 7.15. The molecule has 1 N–H and O–H groups in total. The first-order chi connectivity index (χ1) is 13.3. The summed E-state index contributed by atoms with van der Waals surface area (Å²) in [4.78, 5) is 12.4. The maximum Gasteiger partial charge on any atom is 0.262 e. The highest BCUT2D eigenvalue weighted by Crippen LogP contribution is 2.22. The van der Waals surface area contributed by atoms with Crippen LogP contribution in [0.1, 0.15) is 30.4 Å². The van der Waals surface area contributed by atoms with Crippen LogP contribution in [0.15, 0.2) is 47.4 Å². The Kier molecular flexibility index (Phi) is 6.36. The Morgan fingerprint density at radius 3 is 2.21 bits per heavy atom. The van der Waals surface area contributed by atoms with Gasteiger partial charge in [-0.05, 0) is 74.2 Å². The van der Waals surface area contributed by atoms with Gasteiger partial charge in [-0.3, -0.25) is 4.79 Å². The van der Waals surface area contributed by atoms with Crippen LogP contribution in [0.3, 0.4) is 0 Å². The van der Waals surface area contributed by atoms with Crippen LogP contribution in [0.2, 0.25) is 0 Å². The van der Waals surface area contributed by atoms with Crippen LogP contribution in [0.4, 0.5) is 5.69 Å². The Morgan fingerprint density at radius 1 is 1.00 bits per heavy atom. The first kappa shape index (κ1) is 20.4.